The van der Waals surface area contributed by atoms with Gasteiger partial charge in [0, 0.05) is 43.2 Å². The number of methoxy groups -OCH3 is 1. The number of carbonyl (C=O) groups excluding carboxylic acids is 2. The van der Waals surface area contributed by atoms with Crippen LogP contribution in [0.2, 0.25) is 10.0 Å². The Balaban J connectivity index is 1.10. The van der Waals surface area contributed by atoms with Gasteiger partial charge in [-0.05, 0) is 55.2 Å². The maximum atomic E-state index is 14.8. The molecule has 2 amide bonds. The van der Waals surface area contributed by atoms with Gasteiger partial charge < -0.3 is 20.1 Å². The lowest BCUT2D eigenvalue weighted by Gasteiger charge is -2.32. The fraction of sp³-hybridized carbons (Fsp3) is 0.312. The second kappa shape index (κ2) is 13.4. The number of hydrogen-bond donors (Lipinski definition) is 3. The SMILES string of the molecule is COc1cc2ncnc(Nc3ccc(Cl)c(Cl)c3F)c2cc1OC1CCN(Cc2cccc(NC3CCC(=O)NC3=O)c2)CC1. The van der Waals surface area contributed by atoms with Gasteiger partial charge in [0.15, 0.2) is 17.3 Å². The Hall–Kier alpha value is -4.19. The quantitative estimate of drug-likeness (QED) is 0.146. The molecule has 1 aromatic heterocycles. The lowest BCUT2D eigenvalue weighted by atomic mass is 10.0. The Kier molecular flexibility index (Phi) is 9.20. The zero-order chi connectivity index (χ0) is 31.5. The van der Waals surface area contributed by atoms with E-state index < -0.39 is 11.9 Å². The van der Waals surface area contributed by atoms with Gasteiger partial charge in [-0.2, -0.15) is 0 Å². The lowest BCUT2D eigenvalue weighted by molar-refractivity contribution is -0.133. The smallest absolute Gasteiger partial charge is 0.249 e. The summed E-state index contributed by atoms with van der Waals surface area (Å²) in [4.78, 5) is 34.7. The van der Waals surface area contributed by atoms with Gasteiger partial charge in [0.05, 0.1) is 28.4 Å². The van der Waals surface area contributed by atoms with E-state index in [2.05, 4.69) is 36.9 Å². The maximum absolute atomic E-state index is 14.8. The van der Waals surface area contributed by atoms with Crippen LogP contribution in [-0.2, 0) is 16.1 Å². The van der Waals surface area contributed by atoms with Crippen LogP contribution in [0, 0.1) is 5.82 Å². The normalized spacial score (nSPS) is 17.6. The van der Waals surface area contributed by atoms with Gasteiger partial charge >= 0.3 is 0 Å². The molecule has 4 aromatic rings. The van der Waals surface area contributed by atoms with Gasteiger partial charge in [-0.3, -0.25) is 19.8 Å². The molecule has 0 bridgehead atoms. The van der Waals surface area contributed by atoms with Crippen LogP contribution < -0.4 is 25.4 Å². The van der Waals surface area contributed by atoms with E-state index in [1.807, 2.05) is 18.2 Å². The van der Waals surface area contributed by atoms with Crippen LogP contribution in [0.4, 0.5) is 21.6 Å². The number of likely N-dealkylation sites (tertiary alicyclic amines) is 1. The molecule has 3 N–H and O–H groups in total. The van der Waals surface area contributed by atoms with Gasteiger partial charge in [0.2, 0.25) is 11.8 Å². The number of nitrogens with zero attached hydrogens (tertiary/aromatic N) is 3. The summed E-state index contributed by atoms with van der Waals surface area (Å²) in [5, 5.41) is 9.21. The summed E-state index contributed by atoms with van der Waals surface area (Å²) in [6, 6.07) is 14.2. The number of rotatable bonds is 9. The van der Waals surface area contributed by atoms with Crippen LogP contribution in [0.25, 0.3) is 10.9 Å². The fourth-order valence-corrected chi connectivity index (χ4v) is 5.89. The van der Waals surface area contributed by atoms with Crippen molar-refractivity contribution >= 4 is 63.1 Å². The first-order valence-electron chi connectivity index (χ1n) is 14.6. The molecule has 1 unspecified atom stereocenters. The minimum Gasteiger partial charge on any atom is -0.493 e. The highest BCUT2D eigenvalue weighted by molar-refractivity contribution is 6.42. The molecular formula is C32H31Cl2FN6O4. The Morgan fingerprint density at radius 3 is 2.64 bits per heavy atom. The molecule has 45 heavy (non-hydrogen) atoms. The molecule has 2 fully saturated rings. The van der Waals surface area contributed by atoms with Gasteiger partial charge in [-0.25, -0.2) is 14.4 Å². The second-order valence-electron chi connectivity index (χ2n) is 11.0. The molecule has 2 aliphatic rings. The third-order valence-electron chi connectivity index (χ3n) is 7.95. The first kappa shape index (κ1) is 30.8. The molecule has 2 aliphatic heterocycles. The Bertz CT molecular complexity index is 1750. The number of piperidine rings is 2. The predicted octanol–water partition coefficient (Wildman–Crippen LogP) is 6.09. The van der Waals surface area contributed by atoms with E-state index in [0.717, 1.165) is 43.7 Å². The van der Waals surface area contributed by atoms with E-state index in [4.69, 9.17) is 32.7 Å². The van der Waals surface area contributed by atoms with Gasteiger partial charge in [0.25, 0.3) is 0 Å². The molecule has 3 heterocycles. The zero-order valence-corrected chi connectivity index (χ0v) is 25.9. The first-order valence-corrected chi connectivity index (χ1v) is 15.3. The summed E-state index contributed by atoms with van der Waals surface area (Å²) in [7, 11) is 1.57. The van der Waals surface area contributed by atoms with E-state index in [9.17, 15) is 14.0 Å². The molecule has 234 valence electrons. The molecule has 0 spiro atoms. The van der Waals surface area contributed by atoms with Crippen molar-refractivity contribution in [3.8, 4) is 11.5 Å². The number of aromatic nitrogens is 2. The van der Waals surface area contributed by atoms with Crippen molar-refractivity contribution in [1.82, 2.24) is 20.2 Å². The van der Waals surface area contributed by atoms with Crippen molar-refractivity contribution in [3.63, 3.8) is 0 Å². The number of amides is 2. The highest BCUT2D eigenvalue weighted by Crippen LogP contribution is 2.37. The summed E-state index contributed by atoms with van der Waals surface area (Å²) in [5.74, 6) is 0.269. The molecule has 2 saturated heterocycles. The van der Waals surface area contributed by atoms with Gasteiger partial charge in [-0.15, -0.1) is 0 Å². The minimum atomic E-state index is -0.676. The Labute approximate surface area is 269 Å². The van der Waals surface area contributed by atoms with E-state index in [-0.39, 0.29) is 33.7 Å². The average Bonchev–Trinajstić information content (AvgIpc) is 3.04. The summed E-state index contributed by atoms with van der Waals surface area (Å²) >= 11 is 11.9. The molecule has 6 rings (SSSR count). The van der Waals surface area contributed by atoms with E-state index >= 15 is 0 Å². The first-order chi connectivity index (χ1) is 21.8. The van der Waals surface area contributed by atoms with Crippen molar-refractivity contribution in [1.29, 1.82) is 0 Å². The second-order valence-corrected chi connectivity index (χ2v) is 11.8. The largest absolute Gasteiger partial charge is 0.493 e. The zero-order valence-electron chi connectivity index (χ0n) is 24.4. The van der Waals surface area contributed by atoms with Crippen molar-refractivity contribution in [2.24, 2.45) is 0 Å². The van der Waals surface area contributed by atoms with Gasteiger partial charge in [0.1, 0.15) is 24.3 Å². The highest BCUT2D eigenvalue weighted by Gasteiger charge is 2.27. The van der Waals surface area contributed by atoms with Gasteiger partial charge in [-0.1, -0.05) is 35.3 Å². The topological polar surface area (TPSA) is 118 Å². The number of hydrogen-bond acceptors (Lipinski definition) is 9. The van der Waals surface area contributed by atoms with Crippen LogP contribution in [-0.4, -0.2) is 59.0 Å². The molecule has 1 atom stereocenters. The standard InChI is InChI=1S/C32H31Cl2FN6O4/c1-44-26-15-25-21(31(37-17-36-25)39-23-6-5-22(33)29(34)30(23)35)14-27(26)45-20-9-11-41(12-10-20)16-18-3-2-4-19(13-18)38-24-7-8-28(42)40-32(24)43/h2-6,13-15,17,20,24,38H,7-12,16H2,1H3,(H,36,37,39)(H,40,42,43). The Morgan fingerprint density at radius 2 is 1.87 bits per heavy atom. The van der Waals surface area contributed by atoms with Crippen LogP contribution in [0.3, 0.4) is 0 Å². The number of nitrogens with one attached hydrogen (secondary N) is 3. The summed E-state index contributed by atoms with van der Waals surface area (Å²) < 4.78 is 26.8. The number of halogens is 3. The summed E-state index contributed by atoms with van der Waals surface area (Å²) in [6.45, 7) is 2.42. The van der Waals surface area contributed by atoms with E-state index in [1.54, 1.807) is 19.2 Å². The van der Waals surface area contributed by atoms with Crippen molar-refractivity contribution in [2.45, 2.75) is 44.4 Å². The van der Waals surface area contributed by atoms with E-state index in [0.29, 0.717) is 41.1 Å². The maximum Gasteiger partial charge on any atom is 0.249 e. The summed E-state index contributed by atoms with van der Waals surface area (Å²) in [6.07, 6.45) is 3.76. The third kappa shape index (κ3) is 7.06. The van der Waals surface area contributed by atoms with Crippen LogP contribution in [0.15, 0.2) is 54.9 Å². The molecule has 13 heteroatoms. The highest BCUT2D eigenvalue weighted by atomic mass is 35.5. The number of anilines is 3. The number of benzene rings is 3. The van der Waals surface area contributed by atoms with Crippen LogP contribution >= 0.6 is 23.2 Å². The molecule has 0 radical (unpaired) electrons. The fourth-order valence-electron chi connectivity index (χ4n) is 5.58. The average molecular weight is 654 g/mol. The monoisotopic (exact) mass is 652 g/mol. The molecule has 3 aromatic carbocycles. The van der Waals surface area contributed by atoms with Crippen LogP contribution in [0.1, 0.15) is 31.2 Å². The Morgan fingerprint density at radius 1 is 1.04 bits per heavy atom. The number of imide groups is 1. The summed E-state index contributed by atoms with van der Waals surface area (Å²) in [5.41, 5.74) is 2.71. The number of ether oxygens (including phenoxy) is 2. The minimum absolute atomic E-state index is 0.0401. The van der Waals surface area contributed by atoms with Crippen molar-refractivity contribution in [3.05, 3.63) is 76.3 Å². The number of fused-ring (bicyclic) bond motifs is 1. The van der Waals surface area contributed by atoms with Crippen molar-refractivity contribution in [2.75, 3.05) is 30.8 Å². The van der Waals surface area contributed by atoms with Crippen LogP contribution in [0.5, 0.6) is 11.5 Å². The number of carbonyl (C=O) groups is 2. The van der Waals surface area contributed by atoms with E-state index in [1.165, 1.54) is 18.5 Å². The molecule has 0 saturated carbocycles. The third-order valence-corrected chi connectivity index (χ3v) is 8.73. The molecular weight excluding hydrogens is 622 g/mol. The lowest BCUT2D eigenvalue weighted by Crippen LogP contribution is -2.47. The predicted molar refractivity (Wildman–Crippen MR) is 171 cm³/mol. The molecule has 0 aliphatic carbocycles. The molecule has 10 nitrogen and oxygen atoms in total. The van der Waals surface area contributed by atoms with Crippen molar-refractivity contribution < 1.29 is 23.5 Å².